The molecule has 1 aromatic rings. The van der Waals surface area contributed by atoms with Gasteiger partial charge in [-0.3, -0.25) is 4.98 Å². The highest BCUT2D eigenvalue weighted by Gasteiger charge is 2.56. The van der Waals surface area contributed by atoms with Crippen molar-refractivity contribution in [2.45, 2.75) is 32.7 Å². The fraction of sp³-hybridized carbons (Fsp3) is 0.545. The van der Waals surface area contributed by atoms with Crippen molar-refractivity contribution < 1.29 is 0 Å². The number of hydrogen-bond donors (Lipinski definition) is 1. The molecule has 1 aromatic heterocycles. The van der Waals surface area contributed by atoms with Gasteiger partial charge < -0.3 is 5.73 Å². The van der Waals surface area contributed by atoms with Gasteiger partial charge in [-0.2, -0.15) is 0 Å². The molecule has 1 fully saturated rings. The van der Waals surface area contributed by atoms with Gasteiger partial charge in [0.05, 0.1) is 0 Å². The standard InChI is InChI=1S/C11H16N2/c1-7-4-5-13-6-8(7)9-10(12)11(9,2)3/h4-6,9-10H,12H2,1-3H3/t9-,10-/m0/s1. The first kappa shape index (κ1) is 8.70. The zero-order valence-corrected chi connectivity index (χ0v) is 8.41. The predicted octanol–water partition coefficient (Wildman–Crippen LogP) is 1.84. The number of hydrogen-bond acceptors (Lipinski definition) is 2. The fourth-order valence-electron chi connectivity index (χ4n) is 2.07. The third-order valence-electron chi connectivity index (χ3n) is 3.33. The Kier molecular flexibility index (Phi) is 1.70. The summed E-state index contributed by atoms with van der Waals surface area (Å²) in [6, 6.07) is 2.35. The molecule has 0 aliphatic heterocycles. The molecule has 2 rings (SSSR count). The Bertz CT molecular complexity index is 331. The summed E-state index contributed by atoms with van der Waals surface area (Å²) < 4.78 is 0. The summed E-state index contributed by atoms with van der Waals surface area (Å²) in [6.07, 6.45) is 3.79. The van der Waals surface area contributed by atoms with E-state index < -0.39 is 0 Å². The van der Waals surface area contributed by atoms with Crippen molar-refractivity contribution >= 4 is 0 Å². The highest BCUT2D eigenvalue weighted by Crippen LogP contribution is 2.57. The van der Waals surface area contributed by atoms with Crippen LogP contribution in [0.2, 0.25) is 0 Å². The Morgan fingerprint density at radius 3 is 2.54 bits per heavy atom. The second-order valence-corrected chi connectivity index (χ2v) is 4.56. The van der Waals surface area contributed by atoms with Crippen LogP contribution in [-0.2, 0) is 0 Å². The van der Waals surface area contributed by atoms with E-state index in [1.807, 2.05) is 12.4 Å². The van der Waals surface area contributed by atoms with Gasteiger partial charge in [-0.05, 0) is 29.5 Å². The van der Waals surface area contributed by atoms with Crippen LogP contribution in [0.5, 0.6) is 0 Å². The van der Waals surface area contributed by atoms with Crippen LogP contribution >= 0.6 is 0 Å². The lowest BCUT2D eigenvalue weighted by atomic mass is 10.0. The van der Waals surface area contributed by atoms with Gasteiger partial charge in [-0.1, -0.05) is 13.8 Å². The zero-order chi connectivity index (χ0) is 9.64. The molecule has 0 bridgehead atoms. The monoisotopic (exact) mass is 176 g/mol. The second-order valence-electron chi connectivity index (χ2n) is 4.56. The molecule has 2 nitrogen and oxygen atoms in total. The van der Waals surface area contributed by atoms with Gasteiger partial charge in [-0.15, -0.1) is 0 Å². The molecular weight excluding hydrogens is 160 g/mol. The minimum atomic E-state index is 0.258. The van der Waals surface area contributed by atoms with Gasteiger partial charge >= 0.3 is 0 Å². The van der Waals surface area contributed by atoms with E-state index >= 15 is 0 Å². The molecule has 0 aromatic carbocycles. The van der Waals surface area contributed by atoms with E-state index in [1.165, 1.54) is 11.1 Å². The number of nitrogens with zero attached hydrogens (tertiary/aromatic N) is 1. The van der Waals surface area contributed by atoms with Crippen molar-refractivity contribution in [2.24, 2.45) is 11.1 Å². The molecule has 1 aliphatic rings. The largest absolute Gasteiger partial charge is 0.327 e. The lowest BCUT2D eigenvalue weighted by Crippen LogP contribution is -2.06. The van der Waals surface area contributed by atoms with Gasteiger partial charge in [0.15, 0.2) is 0 Å². The van der Waals surface area contributed by atoms with Crippen molar-refractivity contribution in [1.29, 1.82) is 0 Å². The molecule has 2 N–H and O–H groups in total. The molecule has 0 amide bonds. The zero-order valence-electron chi connectivity index (χ0n) is 8.41. The molecule has 13 heavy (non-hydrogen) atoms. The van der Waals surface area contributed by atoms with Crippen molar-refractivity contribution in [3.05, 3.63) is 29.6 Å². The highest BCUT2D eigenvalue weighted by atomic mass is 14.8. The smallest absolute Gasteiger partial charge is 0.0306 e. The van der Waals surface area contributed by atoms with Crippen LogP contribution in [0.25, 0.3) is 0 Å². The van der Waals surface area contributed by atoms with Crippen LogP contribution in [0.3, 0.4) is 0 Å². The molecule has 1 heterocycles. The van der Waals surface area contributed by atoms with Gasteiger partial charge in [0, 0.05) is 24.4 Å². The minimum absolute atomic E-state index is 0.258. The van der Waals surface area contributed by atoms with E-state index in [2.05, 4.69) is 31.8 Å². The van der Waals surface area contributed by atoms with Crippen LogP contribution in [-0.4, -0.2) is 11.0 Å². The van der Waals surface area contributed by atoms with Crippen LogP contribution in [0.1, 0.15) is 30.9 Å². The van der Waals surface area contributed by atoms with Crippen molar-refractivity contribution in [2.75, 3.05) is 0 Å². The Labute approximate surface area is 79.2 Å². The van der Waals surface area contributed by atoms with Crippen LogP contribution in [0.4, 0.5) is 0 Å². The fourth-order valence-corrected chi connectivity index (χ4v) is 2.07. The summed E-state index contributed by atoms with van der Waals surface area (Å²) >= 11 is 0. The van der Waals surface area contributed by atoms with Crippen molar-refractivity contribution in [3.8, 4) is 0 Å². The maximum Gasteiger partial charge on any atom is 0.0306 e. The van der Waals surface area contributed by atoms with Crippen LogP contribution in [0.15, 0.2) is 18.5 Å². The average Bonchev–Trinajstić information content (AvgIpc) is 2.54. The first-order valence-electron chi connectivity index (χ1n) is 4.71. The maximum absolute atomic E-state index is 6.02. The van der Waals surface area contributed by atoms with E-state index in [4.69, 9.17) is 5.73 Å². The molecule has 0 unspecified atom stereocenters. The molecular formula is C11H16N2. The number of rotatable bonds is 1. The van der Waals surface area contributed by atoms with Crippen molar-refractivity contribution in [3.63, 3.8) is 0 Å². The number of pyridine rings is 1. The van der Waals surface area contributed by atoms with E-state index in [-0.39, 0.29) is 5.41 Å². The molecule has 0 saturated heterocycles. The number of aryl methyl sites for hydroxylation is 1. The average molecular weight is 176 g/mol. The third-order valence-corrected chi connectivity index (χ3v) is 3.33. The van der Waals surface area contributed by atoms with Crippen LogP contribution in [0, 0.1) is 12.3 Å². The Morgan fingerprint density at radius 2 is 2.08 bits per heavy atom. The first-order valence-corrected chi connectivity index (χ1v) is 4.71. The normalized spacial score (nSPS) is 30.2. The predicted molar refractivity (Wildman–Crippen MR) is 53.5 cm³/mol. The quantitative estimate of drug-likeness (QED) is 0.709. The highest BCUT2D eigenvalue weighted by molar-refractivity contribution is 5.37. The number of nitrogens with two attached hydrogens (primary N) is 1. The Hall–Kier alpha value is -0.890. The SMILES string of the molecule is Cc1ccncc1[C@H]1[C@H](N)C1(C)C. The van der Waals surface area contributed by atoms with Crippen LogP contribution < -0.4 is 5.73 Å². The van der Waals surface area contributed by atoms with E-state index in [0.29, 0.717) is 12.0 Å². The van der Waals surface area contributed by atoms with E-state index in [9.17, 15) is 0 Å². The summed E-state index contributed by atoms with van der Waals surface area (Å²) in [5.74, 6) is 0.501. The Balaban J connectivity index is 2.34. The molecule has 2 atom stereocenters. The topological polar surface area (TPSA) is 38.9 Å². The summed E-state index contributed by atoms with van der Waals surface area (Å²) in [4.78, 5) is 4.15. The summed E-state index contributed by atoms with van der Waals surface area (Å²) in [5.41, 5.74) is 8.90. The van der Waals surface area contributed by atoms with Gasteiger partial charge in [0.2, 0.25) is 0 Å². The molecule has 1 saturated carbocycles. The Morgan fingerprint density at radius 1 is 1.46 bits per heavy atom. The summed E-state index contributed by atoms with van der Waals surface area (Å²) in [5, 5.41) is 0. The molecule has 70 valence electrons. The van der Waals surface area contributed by atoms with E-state index in [0.717, 1.165) is 0 Å². The van der Waals surface area contributed by atoms with E-state index in [1.54, 1.807) is 0 Å². The molecule has 1 aliphatic carbocycles. The molecule has 0 radical (unpaired) electrons. The first-order chi connectivity index (χ1) is 6.05. The maximum atomic E-state index is 6.02. The lowest BCUT2D eigenvalue weighted by Gasteiger charge is -2.05. The summed E-state index contributed by atoms with van der Waals surface area (Å²) in [7, 11) is 0. The van der Waals surface area contributed by atoms with Crippen molar-refractivity contribution in [1.82, 2.24) is 4.98 Å². The van der Waals surface area contributed by atoms with Gasteiger partial charge in [-0.25, -0.2) is 0 Å². The third kappa shape index (κ3) is 1.17. The molecule has 2 heteroatoms. The second kappa shape index (κ2) is 2.55. The summed E-state index contributed by atoms with van der Waals surface area (Å²) in [6.45, 7) is 6.56. The lowest BCUT2D eigenvalue weighted by molar-refractivity contribution is 0.598. The number of aromatic nitrogens is 1. The van der Waals surface area contributed by atoms with Gasteiger partial charge in [0.1, 0.15) is 0 Å². The molecule has 0 spiro atoms. The van der Waals surface area contributed by atoms with Gasteiger partial charge in [0.25, 0.3) is 0 Å². The minimum Gasteiger partial charge on any atom is -0.327 e.